The van der Waals surface area contributed by atoms with Crippen LogP contribution >= 0.6 is 0 Å². The van der Waals surface area contributed by atoms with Crippen LogP contribution in [0, 0.1) is 5.41 Å². The second-order valence-corrected chi connectivity index (χ2v) is 8.08. The van der Waals surface area contributed by atoms with Crippen molar-refractivity contribution in [1.29, 1.82) is 0 Å². The molecular weight excluding hydrogens is 238 g/mol. The molecule has 17 heavy (non-hydrogen) atoms. The third-order valence-corrected chi connectivity index (χ3v) is 4.58. The lowest BCUT2D eigenvalue weighted by molar-refractivity contribution is 0.101. The van der Waals surface area contributed by atoms with E-state index in [1.165, 1.54) is 0 Å². The molecule has 0 aliphatic heterocycles. The predicted molar refractivity (Wildman–Crippen MR) is 69.3 cm³/mol. The van der Waals surface area contributed by atoms with E-state index in [-0.39, 0.29) is 17.2 Å². The van der Waals surface area contributed by atoms with E-state index in [9.17, 15) is 13.5 Å². The van der Waals surface area contributed by atoms with Crippen LogP contribution in [0.5, 0.6) is 0 Å². The minimum absolute atomic E-state index is 0.0138. The van der Waals surface area contributed by atoms with E-state index in [1.54, 1.807) is 0 Å². The van der Waals surface area contributed by atoms with Crippen LogP contribution in [-0.4, -0.2) is 31.4 Å². The van der Waals surface area contributed by atoms with Crippen molar-refractivity contribution in [2.45, 2.75) is 65.0 Å². The van der Waals surface area contributed by atoms with Crippen LogP contribution in [0.15, 0.2) is 0 Å². The first kappa shape index (κ1) is 14.9. The summed E-state index contributed by atoms with van der Waals surface area (Å²) in [6.07, 6.45) is 3.53. The minimum Gasteiger partial charge on any atom is -0.391 e. The first-order valence-electron chi connectivity index (χ1n) is 6.38. The number of hydrogen-bond acceptors (Lipinski definition) is 3. The molecule has 0 bridgehead atoms. The van der Waals surface area contributed by atoms with Gasteiger partial charge in [0.25, 0.3) is 0 Å². The molecule has 2 N–H and O–H groups in total. The van der Waals surface area contributed by atoms with Gasteiger partial charge in [-0.1, -0.05) is 33.6 Å². The molecule has 2 atom stereocenters. The standard InChI is InChI=1S/C12H25NO3S/c1-12(2,3)8-9-17(15,16)13-10-6-4-5-7-11(10)14/h10-11,13-14H,4-9H2,1-3H3. The lowest BCUT2D eigenvalue weighted by Gasteiger charge is -2.28. The predicted octanol–water partition coefficient (Wildman–Crippen LogP) is 1.65. The molecule has 0 aromatic heterocycles. The highest BCUT2D eigenvalue weighted by Gasteiger charge is 2.27. The summed E-state index contributed by atoms with van der Waals surface area (Å²) in [6.45, 7) is 6.08. The van der Waals surface area contributed by atoms with E-state index in [1.807, 2.05) is 20.8 Å². The van der Waals surface area contributed by atoms with E-state index in [2.05, 4.69) is 4.72 Å². The molecule has 1 saturated carbocycles. The highest BCUT2D eigenvalue weighted by Crippen LogP contribution is 2.21. The summed E-state index contributed by atoms with van der Waals surface area (Å²) in [5, 5.41) is 9.73. The molecule has 0 aromatic rings. The second-order valence-electron chi connectivity index (χ2n) is 6.21. The molecule has 0 saturated heterocycles. The van der Waals surface area contributed by atoms with Crippen molar-refractivity contribution in [2.24, 2.45) is 5.41 Å². The Bertz CT molecular complexity index is 332. The number of nitrogens with one attached hydrogen (secondary N) is 1. The summed E-state index contributed by atoms with van der Waals surface area (Å²) in [4.78, 5) is 0. The van der Waals surface area contributed by atoms with Gasteiger partial charge in [-0.15, -0.1) is 0 Å². The van der Waals surface area contributed by atoms with Gasteiger partial charge >= 0.3 is 0 Å². The summed E-state index contributed by atoms with van der Waals surface area (Å²) in [5.41, 5.74) is 0.0138. The molecule has 1 fully saturated rings. The van der Waals surface area contributed by atoms with Crippen molar-refractivity contribution < 1.29 is 13.5 Å². The van der Waals surface area contributed by atoms with Gasteiger partial charge in [0.15, 0.2) is 0 Å². The van der Waals surface area contributed by atoms with Crippen molar-refractivity contribution in [3.05, 3.63) is 0 Å². The van der Waals surface area contributed by atoms with Crippen LogP contribution in [0.1, 0.15) is 52.9 Å². The first-order valence-corrected chi connectivity index (χ1v) is 8.03. The Morgan fingerprint density at radius 2 is 1.82 bits per heavy atom. The number of hydrogen-bond donors (Lipinski definition) is 2. The maximum absolute atomic E-state index is 11.9. The maximum Gasteiger partial charge on any atom is 0.211 e. The quantitative estimate of drug-likeness (QED) is 0.810. The van der Waals surface area contributed by atoms with E-state index in [0.29, 0.717) is 12.8 Å². The van der Waals surface area contributed by atoms with E-state index < -0.39 is 16.1 Å². The van der Waals surface area contributed by atoms with Crippen LogP contribution in [0.4, 0.5) is 0 Å². The van der Waals surface area contributed by atoms with Gasteiger partial charge in [-0.25, -0.2) is 13.1 Å². The topological polar surface area (TPSA) is 66.4 Å². The minimum atomic E-state index is -3.26. The summed E-state index contributed by atoms with van der Waals surface area (Å²) >= 11 is 0. The monoisotopic (exact) mass is 263 g/mol. The molecule has 0 spiro atoms. The average molecular weight is 263 g/mol. The van der Waals surface area contributed by atoms with Crippen LogP contribution in [-0.2, 0) is 10.0 Å². The lowest BCUT2D eigenvalue weighted by Crippen LogP contribution is -2.46. The summed E-state index contributed by atoms with van der Waals surface area (Å²) < 4.78 is 26.4. The first-order chi connectivity index (χ1) is 7.70. The van der Waals surface area contributed by atoms with Gasteiger partial charge in [-0.05, 0) is 24.7 Å². The van der Waals surface area contributed by atoms with Crippen molar-refractivity contribution in [3.8, 4) is 0 Å². The molecule has 1 aliphatic rings. The maximum atomic E-state index is 11.9. The van der Waals surface area contributed by atoms with Crippen molar-refractivity contribution >= 4 is 10.0 Å². The molecule has 5 heteroatoms. The molecule has 2 unspecified atom stereocenters. The van der Waals surface area contributed by atoms with E-state index in [4.69, 9.17) is 0 Å². The summed E-state index contributed by atoms with van der Waals surface area (Å²) in [6, 6.07) is -0.284. The zero-order valence-corrected chi connectivity index (χ0v) is 11.9. The fourth-order valence-corrected chi connectivity index (χ4v) is 3.71. The molecular formula is C12H25NO3S. The fraction of sp³-hybridized carbons (Fsp3) is 1.00. The molecule has 0 heterocycles. The van der Waals surface area contributed by atoms with Crippen LogP contribution in [0.25, 0.3) is 0 Å². The number of aliphatic hydroxyl groups is 1. The molecule has 0 amide bonds. The fourth-order valence-electron chi connectivity index (χ4n) is 1.98. The summed E-state index contributed by atoms with van der Waals surface area (Å²) in [7, 11) is -3.26. The number of rotatable bonds is 4. The Morgan fingerprint density at radius 1 is 1.24 bits per heavy atom. The highest BCUT2D eigenvalue weighted by atomic mass is 32.2. The zero-order chi connectivity index (χ0) is 13.1. The van der Waals surface area contributed by atoms with Crippen LogP contribution in [0.3, 0.4) is 0 Å². The molecule has 0 aromatic carbocycles. The molecule has 4 nitrogen and oxygen atoms in total. The molecule has 1 rings (SSSR count). The number of aliphatic hydroxyl groups excluding tert-OH is 1. The van der Waals surface area contributed by atoms with Gasteiger partial charge in [-0.2, -0.15) is 0 Å². The lowest BCUT2D eigenvalue weighted by atomic mass is 9.93. The second kappa shape index (κ2) is 5.67. The van der Waals surface area contributed by atoms with Gasteiger partial charge in [0.05, 0.1) is 11.9 Å². The average Bonchev–Trinajstić information content (AvgIpc) is 2.18. The number of sulfonamides is 1. The molecule has 1 aliphatic carbocycles. The van der Waals surface area contributed by atoms with Crippen LogP contribution < -0.4 is 4.72 Å². The van der Waals surface area contributed by atoms with Gasteiger partial charge in [0.2, 0.25) is 10.0 Å². The summed E-state index contributed by atoms with van der Waals surface area (Å²) in [5.74, 6) is 0.139. The van der Waals surface area contributed by atoms with Gasteiger partial charge in [0, 0.05) is 6.04 Å². The largest absolute Gasteiger partial charge is 0.391 e. The third kappa shape index (κ3) is 5.84. The highest BCUT2D eigenvalue weighted by molar-refractivity contribution is 7.89. The Morgan fingerprint density at radius 3 is 2.35 bits per heavy atom. The SMILES string of the molecule is CC(C)(C)CCS(=O)(=O)NC1CCCCC1O. The Kier molecular flexibility index (Phi) is 4.98. The van der Waals surface area contributed by atoms with Crippen molar-refractivity contribution in [1.82, 2.24) is 4.72 Å². The van der Waals surface area contributed by atoms with Gasteiger partial charge < -0.3 is 5.11 Å². The van der Waals surface area contributed by atoms with Crippen molar-refractivity contribution in [3.63, 3.8) is 0 Å². The van der Waals surface area contributed by atoms with E-state index in [0.717, 1.165) is 19.3 Å². The van der Waals surface area contributed by atoms with Crippen molar-refractivity contribution in [2.75, 3.05) is 5.75 Å². The molecule has 102 valence electrons. The Labute approximate surface area is 105 Å². The normalized spacial score (nSPS) is 27.1. The smallest absolute Gasteiger partial charge is 0.211 e. The Balaban J connectivity index is 2.48. The molecule has 0 radical (unpaired) electrons. The third-order valence-electron chi connectivity index (χ3n) is 3.18. The van der Waals surface area contributed by atoms with Crippen LogP contribution in [0.2, 0.25) is 0 Å². The zero-order valence-electron chi connectivity index (χ0n) is 11.1. The van der Waals surface area contributed by atoms with Gasteiger partial charge in [-0.3, -0.25) is 0 Å². The van der Waals surface area contributed by atoms with E-state index >= 15 is 0 Å². The van der Waals surface area contributed by atoms with Gasteiger partial charge in [0.1, 0.15) is 0 Å². The Hall–Kier alpha value is -0.130.